The topological polar surface area (TPSA) is 30.0 Å². The van der Waals surface area contributed by atoms with Gasteiger partial charge in [-0.05, 0) is 23.3 Å². The van der Waals surface area contributed by atoms with Crippen molar-refractivity contribution in [1.29, 1.82) is 0 Å². The first-order valence-electron chi connectivity index (χ1n) is 5.02. The normalized spacial score (nSPS) is 11.1. The van der Waals surface area contributed by atoms with Gasteiger partial charge in [-0.3, -0.25) is 9.78 Å². The highest BCUT2D eigenvalue weighted by molar-refractivity contribution is 6.13. The van der Waals surface area contributed by atoms with E-state index in [1.54, 1.807) is 12.4 Å². The van der Waals surface area contributed by atoms with Gasteiger partial charge in [0.15, 0.2) is 6.29 Å². The molecule has 2 rings (SSSR count). The summed E-state index contributed by atoms with van der Waals surface area (Å²) in [6.07, 6.45) is 6.13. The van der Waals surface area contributed by atoms with E-state index < -0.39 is 0 Å². The zero-order chi connectivity index (χ0) is 11.2. The first kappa shape index (κ1) is 10.3. The Morgan fingerprint density at radius 3 is 2.50 bits per heavy atom. The van der Waals surface area contributed by atoms with Gasteiger partial charge in [-0.1, -0.05) is 36.4 Å². The van der Waals surface area contributed by atoms with E-state index in [-0.39, 0.29) is 0 Å². The number of rotatable bonds is 3. The number of allylic oxidation sites excluding steroid dienone is 1. The van der Waals surface area contributed by atoms with Crippen LogP contribution in [0.3, 0.4) is 0 Å². The van der Waals surface area contributed by atoms with Crippen molar-refractivity contribution < 1.29 is 4.79 Å². The standard InChI is InChI=1S/C14H11NO/c16-11-14(13-6-2-1-3-7-13)9-12-5-4-8-15-10-12/h1-11H. The second-order valence-electron chi connectivity index (χ2n) is 3.37. The van der Waals surface area contributed by atoms with E-state index in [2.05, 4.69) is 4.98 Å². The van der Waals surface area contributed by atoms with Gasteiger partial charge in [0.2, 0.25) is 0 Å². The lowest BCUT2D eigenvalue weighted by Crippen LogP contribution is -1.85. The summed E-state index contributed by atoms with van der Waals surface area (Å²) in [5.74, 6) is 0. The van der Waals surface area contributed by atoms with Crippen LogP contribution >= 0.6 is 0 Å². The number of hydrogen-bond acceptors (Lipinski definition) is 2. The van der Waals surface area contributed by atoms with Crippen molar-refractivity contribution in [2.45, 2.75) is 0 Å². The van der Waals surface area contributed by atoms with Crippen molar-refractivity contribution in [2.75, 3.05) is 0 Å². The first-order valence-corrected chi connectivity index (χ1v) is 5.02. The van der Waals surface area contributed by atoms with Gasteiger partial charge >= 0.3 is 0 Å². The van der Waals surface area contributed by atoms with Gasteiger partial charge in [0.1, 0.15) is 0 Å². The van der Waals surface area contributed by atoms with Crippen LogP contribution in [0, 0.1) is 0 Å². The SMILES string of the molecule is O=CC(=Cc1cccnc1)c1ccccc1. The second-order valence-corrected chi connectivity index (χ2v) is 3.37. The number of pyridine rings is 1. The maximum absolute atomic E-state index is 11.0. The molecule has 16 heavy (non-hydrogen) atoms. The second kappa shape index (κ2) is 5.03. The third-order valence-corrected chi connectivity index (χ3v) is 2.24. The quantitative estimate of drug-likeness (QED) is 0.574. The number of hydrogen-bond donors (Lipinski definition) is 0. The van der Waals surface area contributed by atoms with Crippen molar-refractivity contribution >= 4 is 17.9 Å². The maximum atomic E-state index is 11.0. The summed E-state index contributed by atoms with van der Waals surface area (Å²) in [7, 11) is 0. The zero-order valence-corrected chi connectivity index (χ0v) is 8.71. The number of benzene rings is 1. The molecule has 2 aromatic rings. The summed E-state index contributed by atoms with van der Waals surface area (Å²) in [5, 5.41) is 0. The zero-order valence-electron chi connectivity index (χ0n) is 8.71. The molecule has 0 aliphatic heterocycles. The van der Waals surface area contributed by atoms with Gasteiger partial charge in [-0.15, -0.1) is 0 Å². The Morgan fingerprint density at radius 1 is 1.06 bits per heavy atom. The molecule has 78 valence electrons. The van der Waals surface area contributed by atoms with E-state index in [4.69, 9.17) is 0 Å². The molecule has 0 atom stereocenters. The number of carbonyl (C=O) groups is 1. The number of nitrogens with zero attached hydrogens (tertiary/aromatic N) is 1. The Balaban J connectivity index is 2.38. The summed E-state index contributed by atoms with van der Waals surface area (Å²) >= 11 is 0. The Labute approximate surface area is 94.3 Å². The van der Waals surface area contributed by atoms with Gasteiger partial charge < -0.3 is 0 Å². The molecule has 0 amide bonds. The van der Waals surface area contributed by atoms with E-state index in [1.807, 2.05) is 48.5 Å². The average Bonchev–Trinajstić information content (AvgIpc) is 2.38. The summed E-state index contributed by atoms with van der Waals surface area (Å²) in [6.45, 7) is 0. The van der Waals surface area contributed by atoms with Crippen molar-refractivity contribution in [3.05, 3.63) is 66.0 Å². The van der Waals surface area contributed by atoms with Crippen LogP contribution in [-0.4, -0.2) is 11.3 Å². The fraction of sp³-hybridized carbons (Fsp3) is 0. The minimum atomic E-state index is 0.661. The number of aromatic nitrogens is 1. The Hall–Kier alpha value is -2.22. The molecular formula is C14H11NO. The fourth-order valence-corrected chi connectivity index (χ4v) is 1.46. The Morgan fingerprint density at radius 2 is 1.88 bits per heavy atom. The van der Waals surface area contributed by atoms with E-state index >= 15 is 0 Å². The van der Waals surface area contributed by atoms with Gasteiger partial charge in [-0.25, -0.2) is 0 Å². The molecule has 0 fully saturated rings. The summed E-state index contributed by atoms with van der Waals surface area (Å²) < 4.78 is 0. The van der Waals surface area contributed by atoms with Crippen LogP contribution in [0.25, 0.3) is 11.6 Å². The van der Waals surface area contributed by atoms with E-state index in [9.17, 15) is 4.79 Å². The molecule has 0 radical (unpaired) electrons. The van der Waals surface area contributed by atoms with Crippen LogP contribution in [0.2, 0.25) is 0 Å². The molecule has 2 heteroatoms. The van der Waals surface area contributed by atoms with Crippen molar-refractivity contribution in [3.8, 4) is 0 Å². The van der Waals surface area contributed by atoms with E-state index in [0.717, 1.165) is 17.4 Å². The lowest BCUT2D eigenvalue weighted by atomic mass is 10.1. The molecule has 0 saturated heterocycles. The third-order valence-electron chi connectivity index (χ3n) is 2.24. The third kappa shape index (κ3) is 2.42. The molecule has 0 bridgehead atoms. The highest BCUT2D eigenvalue weighted by Gasteiger charge is 1.99. The van der Waals surface area contributed by atoms with Crippen LogP contribution < -0.4 is 0 Å². The van der Waals surface area contributed by atoms with Crippen LogP contribution in [0.15, 0.2) is 54.9 Å². The molecule has 0 saturated carbocycles. The first-order chi connectivity index (χ1) is 7.90. The molecule has 0 spiro atoms. The summed E-state index contributed by atoms with van der Waals surface area (Å²) in [5.41, 5.74) is 2.50. The highest BCUT2D eigenvalue weighted by Crippen LogP contribution is 2.15. The lowest BCUT2D eigenvalue weighted by molar-refractivity contribution is -0.103. The van der Waals surface area contributed by atoms with Gasteiger partial charge in [0.25, 0.3) is 0 Å². The minimum Gasteiger partial charge on any atom is -0.298 e. The molecule has 0 N–H and O–H groups in total. The molecule has 0 aliphatic rings. The monoisotopic (exact) mass is 209 g/mol. The highest BCUT2D eigenvalue weighted by atomic mass is 16.1. The van der Waals surface area contributed by atoms with Crippen molar-refractivity contribution in [1.82, 2.24) is 4.98 Å². The number of carbonyl (C=O) groups excluding carboxylic acids is 1. The van der Waals surface area contributed by atoms with Crippen LogP contribution in [0.4, 0.5) is 0 Å². The Kier molecular flexibility index (Phi) is 3.24. The molecule has 1 aromatic heterocycles. The smallest absolute Gasteiger partial charge is 0.150 e. The molecule has 1 heterocycles. The van der Waals surface area contributed by atoms with Crippen LogP contribution in [-0.2, 0) is 4.79 Å². The van der Waals surface area contributed by atoms with Gasteiger partial charge in [0, 0.05) is 18.0 Å². The maximum Gasteiger partial charge on any atom is 0.150 e. The molecular weight excluding hydrogens is 198 g/mol. The van der Waals surface area contributed by atoms with Crippen LogP contribution in [0.1, 0.15) is 11.1 Å². The van der Waals surface area contributed by atoms with E-state index in [0.29, 0.717) is 5.57 Å². The predicted molar refractivity (Wildman–Crippen MR) is 64.6 cm³/mol. The minimum absolute atomic E-state index is 0.661. The van der Waals surface area contributed by atoms with Crippen molar-refractivity contribution in [3.63, 3.8) is 0 Å². The summed E-state index contributed by atoms with van der Waals surface area (Å²) in [6, 6.07) is 13.3. The van der Waals surface area contributed by atoms with Gasteiger partial charge in [-0.2, -0.15) is 0 Å². The molecule has 1 aromatic carbocycles. The largest absolute Gasteiger partial charge is 0.298 e. The molecule has 0 unspecified atom stereocenters. The predicted octanol–water partition coefficient (Wildman–Crippen LogP) is 2.82. The summed E-state index contributed by atoms with van der Waals surface area (Å²) in [4.78, 5) is 15.0. The lowest BCUT2D eigenvalue weighted by Gasteiger charge is -1.99. The molecule has 0 aliphatic carbocycles. The average molecular weight is 209 g/mol. The van der Waals surface area contributed by atoms with Gasteiger partial charge in [0.05, 0.1) is 0 Å². The Bertz CT molecular complexity index is 489. The number of aldehydes is 1. The molecule has 2 nitrogen and oxygen atoms in total. The van der Waals surface area contributed by atoms with Crippen LogP contribution in [0.5, 0.6) is 0 Å². The fourth-order valence-electron chi connectivity index (χ4n) is 1.46. The van der Waals surface area contributed by atoms with E-state index in [1.165, 1.54) is 0 Å². The van der Waals surface area contributed by atoms with Crippen molar-refractivity contribution in [2.24, 2.45) is 0 Å².